The van der Waals surface area contributed by atoms with Crippen LogP contribution in [0.5, 0.6) is 0 Å². The molecule has 0 unspecified atom stereocenters. The van der Waals surface area contributed by atoms with Gasteiger partial charge in [-0.25, -0.2) is 4.39 Å². The van der Waals surface area contributed by atoms with Gasteiger partial charge in [-0.05, 0) is 54.5 Å². The molecule has 0 bridgehead atoms. The molecule has 2 aromatic rings. The summed E-state index contributed by atoms with van der Waals surface area (Å²) in [5.74, 6) is -1.25. The van der Waals surface area contributed by atoms with Gasteiger partial charge in [-0.3, -0.25) is 15.0 Å². The first-order valence-electron chi connectivity index (χ1n) is 7.36. The summed E-state index contributed by atoms with van der Waals surface area (Å²) in [6.45, 7) is 1.81. The van der Waals surface area contributed by atoms with Gasteiger partial charge in [0.25, 0.3) is 11.8 Å². The number of amides is 2. The van der Waals surface area contributed by atoms with E-state index in [1.54, 1.807) is 30.3 Å². The Labute approximate surface area is 153 Å². The lowest BCUT2D eigenvalue weighted by Crippen LogP contribution is -2.45. The zero-order valence-corrected chi connectivity index (χ0v) is 14.8. The smallest absolute Gasteiger partial charge is 0.267 e. The number of aryl methyl sites for hydroxylation is 1. The van der Waals surface area contributed by atoms with Crippen molar-refractivity contribution < 1.29 is 14.0 Å². The van der Waals surface area contributed by atoms with Crippen molar-refractivity contribution in [2.45, 2.75) is 6.92 Å². The molecule has 1 N–H and O–H groups in total. The lowest BCUT2D eigenvalue weighted by Gasteiger charge is -2.16. The van der Waals surface area contributed by atoms with Gasteiger partial charge in [0.05, 0.1) is 4.91 Å². The van der Waals surface area contributed by atoms with E-state index in [0.29, 0.717) is 16.0 Å². The number of thiocarbonyl (C=S) groups is 1. The summed E-state index contributed by atoms with van der Waals surface area (Å²) in [6, 6.07) is 12.9. The fraction of sp³-hybridized carbons (Fsp3) is 0.0556. The number of nitrogens with zero attached hydrogens (tertiary/aromatic N) is 1. The quantitative estimate of drug-likeness (QED) is 0.660. The molecular weight excluding hydrogens is 359 g/mol. The van der Waals surface area contributed by atoms with Gasteiger partial charge >= 0.3 is 0 Å². The SMILES string of the molecule is Cc1ccccc1C(=O)NN1C(=O)C(=Cc2cccc(F)c2)SC1=S. The number of hydrogen-bond donors (Lipinski definition) is 1. The number of carbonyl (C=O) groups is 2. The lowest BCUT2D eigenvalue weighted by molar-refractivity contribution is -0.123. The zero-order valence-electron chi connectivity index (χ0n) is 13.2. The fourth-order valence-electron chi connectivity index (χ4n) is 2.30. The molecule has 0 aliphatic carbocycles. The third-order valence-corrected chi connectivity index (χ3v) is 4.85. The minimum Gasteiger partial charge on any atom is -0.267 e. The van der Waals surface area contributed by atoms with Gasteiger partial charge in [-0.2, -0.15) is 5.01 Å². The number of hydrogen-bond acceptors (Lipinski definition) is 4. The first-order chi connectivity index (χ1) is 12.0. The Kier molecular flexibility index (Phi) is 4.96. The summed E-state index contributed by atoms with van der Waals surface area (Å²) < 4.78 is 13.5. The number of hydrazine groups is 1. The van der Waals surface area contributed by atoms with Gasteiger partial charge in [-0.1, -0.05) is 42.1 Å². The normalized spacial score (nSPS) is 15.8. The Morgan fingerprint density at radius 2 is 2.00 bits per heavy atom. The van der Waals surface area contributed by atoms with E-state index < -0.39 is 17.6 Å². The molecule has 2 aromatic carbocycles. The Bertz CT molecular complexity index is 911. The molecule has 1 aliphatic heterocycles. The van der Waals surface area contributed by atoms with Crippen molar-refractivity contribution in [3.63, 3.8) is 0 Å². The highest BCUT2D eigenvalue weighted by atomic mass is 32.2. The van der Waals surface area contributed by atoms with Crippen LogP contribution in [0.1, 0.15) is 21.5 Å². The molecule has 1 heterocycles. The number of benzene rings is 2. The van der Waals surface area contributed by atoms with Gasteiger partial charge in [0, 0.05) is 5.56 Å². The summed E-state index contributed by atoms with van der Waals surface area (Å²) in [4.78, 5) is 25.2. The number of nitrogens with one attached hydrogen (secondary N) is 1. The predicted octanol–water partition coefficient (Wildman–Crippen LogP) is 3.68. The molecule has 126 valence electrons. The Balaban J connectivity index is 1.80. The van der Waals surface area contributed by atoms with E-state index in [1.165, 1.54) is 12.1 Å². The van der Waals surface area contributed by atoms with Crippen LogP contribution in [-0.4, -0.2) is 21.1 Å². The van der Waals surface area contributed by atoms with E-state index in [0.717, 1.165) is 22.3 Å². The molecule has 0 spiro atoms. The van der Waals surface area contributed by atoms with E-state index in [9.17, 15) is 14.0 Å². The van der Waals surface area contributed by atoms with Crippen LogP contribution in [0.25, 0.3) is 6.08 Å². The van der Waals surface area contributed by atoms with Crippen molar-refractivity contribution in [2.75, 3.05) is 0 Å². The molecule has 25 heavy (non-hydrogen) atoms. The molecule has 0 aromatic heterocycles. The average molecular weight is 372 g/mol. The molecule has 0 saturated carbocycles. The average Bonchev–Trinajstić information content (AvgIpc) is 2.83. The second-order valence-corrected chi connectivity index (χ2v) is 7.00. The minimum atomic E-state index is -0.443. The van der Waals surface area contributed by atoms with Crippen molar-refractivity contribution in [3.05, 3.63) is 75.9 Å². The number of rotatable bonds is 3. The molecule has 1 aliphatic rings. The highest BCUT2D eigenvalue weighted by Crippen LogP contribution is 2.31. The first kappa shape index (κ1) is 17.3. The number of carbonyl (C=O) groups excluding carboxylic acids is 2. The molecule has 0 radical (unpaired) electrons. The van der Waals surface area contributed by atoms with Crippen LogP contribution in [0, 0.1) is 12.7 Å². The molecule has 1 fully saturated rings. The van der Waals surface area contributed by atoms with Crippen LogP contribution in [0.3, 0.4) is 0 Å². The molecule has 3 rings (SSSR count). The summed E-state index contributed by atoms with van der Waals surface area (Å²) in [5.41, 5.74) is 4.33. The molecule has 0 atom stereocenters. The van der Waals surface area contributed by atoms with Crippen LogP contribution in [0.15, 0.2) is 53.4 Å². The second-order valence-electron chi connectivity index (χ2n) is 5.33. The second kappa shape index (κ2) is 7.16. The van der Waals surface area contributed by atoms with Gasteiger partial charge in [0.1, 0.15) is 5.82 Å². The summed E-state index contributed by atoms with van der Waals surface area (Å²) >= 11 is 6.23. The zero-order chi connectivity index (χ0) is 18.0. The van der Waals surface area contributed by atoms with E-state index in [1.807, 2.05) is 19.1 Å². The molecule has 4 nitrogen and oxygen atoms in total. The lowest BCUT2D eigenvalue weighted by atomic mass is 10.1. The van der Waals surface area contributed by atoms with E-state index in [2.05, 4.69) is 5.43 Å². The maximum atomic E-state index is 13.3. The maximum Gasteiger partial charge on any atom is 0.285 e. The Morgan fingerprint density at radius 1 is 1.24 bits per heavy atom. The van der Waals surface area contributed by atoms with Crippen LogP contribution < -0.4 is 5.43 Å². The first-order valence-corrected chi connectivity index (χ1v) is 8.58. The van der Waals surface area contributed by atoms with E-state index in [-0.39, 0.29) is 4.32 Å². The number of thioether (sulfide) groups is 1. The van der Waals surface area contributed by atoms with E-state index in [4.69, 9.17) is 12.2 Å². The molecular formula is C18H13FN2O2S2. The van der Waals surface area contributed by atoms with Crippen LogP contribution in [0.4, 0.5) is 4.39 Å². The monoisotopic (exact) mass is 372 g/mol. The molecule has 1 saturated heterocycles. The van der Waals surface area contributed by atoms with Crippen LogP contribution in [-0.2, 0) is 4.79 Å². The fourth-order valence-corrected chi connectivity index (χ4v) is 3.48. The highest BCUT2D eigenvalue weighted by molar-refractivity contribution is 8.26. The predicted molar refractivity (Wildman–Crippen MR) is 100 cm³/mol. The highest BCUT2D eigenvalue weighted by Gasteiger charge is 2.33. The minimum absolute atomic E-state index is 0.217. The topological polar surface area (TPSA) is 49.4 Å². The summed E-state index contributed by atoms with van der Waals surface area (Å²) in [7, 11) is 0. The Hall–Kier alpha value is -2.51. The van der Waals surface area contributed by atoms with Gasteiger partial charge in [0.15, 0.2) is 4.32 Å². The third-order valence-electron chi connectivity index (χ3n) is 3.54. The molecule has 7 heteroatoms. The Morgan fingerprint density at radius 3 is 2.72 bits per heavy atom. The largest absolute Gasteiger partial charge is 0.285 e. The summed E-state index contributed by atoms with van der Waals surface area (Å²) in [5, 5.41) is 1.04. The van der Waals surface area contributed by atoms with Crippen molar-refractivity contribution in [1.29, 1.82) is 0 Å². The summed E-state index contributed by atoms with van der Waals surface area (Å²) in [6.07, 6.45) is 1.54. The molecule has 2 amide bonds. The van der Waals surface area contributed by atoms with Crippen LogP contribution in [0.2, 0.25) is 0 Å². The van der Waals surface area contributed by atoms with Crippen LogP contribution >= 0.6 is 24.0 Å². The van der Waals surface area contributed by atoms with E-state index >= 15 is 0 Å². The van der Waals surface area contributed by atoms with Crippen molar-refractivity contribution >= 4 is 46.2 Å². The van der Waals surface area contributed by atoms with Gasteiger partial charge in [-0.15, -0.1) is 0 Å². The third kappa shape index (κ3) is 3.78. The standard InChI is InChI=1S/C18H13FN2O2S2/c1-11-5-2-3-8-14(11)16(22)20-21-17(23)15(25-18(21)24)10-12-6-4-7-13(19)9-12/h2-10H,1H3,(H,20,22). The van der Waals surface area contributed by atoms with Crippen molar-refractivity contribution in [3.8, 4) is 0 Å². The van der Waals surface area contributed by atoms with Gasteiger partial charge in [0.2, 0.25) is 0 Å². The van der Waals surface area contributed by atoms with Crippen molar-refractivity contribution in [1.82, 2.24) is 10.4 Å². The van der Waals surface area contributed by atoms with Crippen molar-refractivity contribution in [2.24, 2.45) is 0 Å². The maximum absolute atomic E-state index is 13.3. The number of halogens is 1. The van der Waals surface area contributed by atoms with Gasteiger partial charge < -0.3 is 0 Å².